The Morgan fingerprint density at radius 1 is 1.28 bits per heavy atom. The number of thiazole rings is 1. The number of hydrogen-bond donors (Lipinski definition) is 0. The summed E-state index contributed by atoms with van der Waals surface area (Å²) in [7, 11) is -4.16. The highest BCUT2D eigenvalue weighted by atomic mass is 79.9. The van der Waals surface area contributed by atoms with E-state index >= 15 is 4.39 Å². The summed E-state index contributed by atoms with van der Waals surface area (Å²) in [5.74, 6) is -1.03. The van der Waals surface area contributed by atoms with Crippen LogP contribution in [0.3, 0.4) is 0 Å². The molecular formula is C22H19BrClFN2O3S2. The van der Waals surface area contributed by atoms with E-state index < -0.39 is 33.0 Å². The van der Waals surface area contributed by atoms with Crippen LogP contribution < -0.4 is 0 Å². The second-order valence-electron chi connectivity index (χ2n) is 7.60. The molecule has 3 aromatic rings. The van der Waals surface area contributed by atoms with Crippen LogP contribution in [0.5, 0.6) is 0 Å². The molecule has 4 rings (SSSR count). The number of benzene rings is 2. The zero-order valence-corrected chi connectivity index (χ0v) is 20.9. The molecule has 1 amide bonds. The van der Waals surface area contributed by atoms with Gasteiger partial charge < -0.3 is 4.90 Å². The van der Waals surface area contributed by atoms with Crippen molar-refractivity contribution in [3.63, 3.8) is 0 Å². The Morgan fingerprint density at radius 3 is 2.69 bits per heavy atom. The summed E-state index contributed by atoms with van der Waals surface area (Å²) < 4.78 is 42.4. The van der Waals surface area contributed by atoms with Crippen LogP contribution in [0.25, 0.3) is 0 Å². The second-order valence-corrected chi connectivity index (χ2v) is 12.2. The number of rotatable bonds is 4. The lowest BCUT2D eigenvalue weighted by Crippen LogP contribution is -2.53. The molecule has 1 saturated heterocycles. The quantitative estimate of drug-likeness (QED) is 0.431. The van der Waals surface area contributed by atoms with Gasteiger partial charge in [0.15, 0.2) is 9.84 Å². The lowest BCUT2D eigenvalue weighted by atomic mass is 10.0. The van der Waals surface area contributed by atoms with Crippen molar-refractivity contribution in [1.29, 1.82) is 0 Å². The molecule has 5 nitrogen and oxygen atoms in total. The summed E-state index contributed by atoms with van der Waals surface area (Å²) in [5.41, 5.74) is 1.28. The first-order valence-electron chi connectivity index (χ1n) is 9.79. The molecule has 0 bridgehead atoms. The highest BCUT2D eigenvalue weighted by molar-refractivity contribution is 9.10. The molecule has 2 heterocycles. The number of halogens is 3. The first-order chi connectivity index (χ1) is 15.1. The maximum absolute atomic E-state index is 16.2. The monoisotopic (exact) mass is 556 g/mol. The van der Waals surface area contributed by atoms with Gasteiger partial charge >= 0.3 is 0 Å². The third kappa shape index (κ3) is 4.23. The molecule has 0 spiro atoms. The standard InChI is InChI=1S/C22H19BrClFN2O3S2/c1-14(15-5-3-2-4-6-15)19-12-26-21(31-19)22(25)13-27(9-10-32(22,29)30)20(28)16-7-8-17(23)18(24)11-16/h2-8,11-12,14H,9-10,13H2,1H3. The third-order valence-electron chi connectivity index (χ3n) is 5.54. The van der Waals surface area contributed by atoms with E-state index in [1.165, 1.54) is 17.2 Å². The normalized spacial score (nSPS) is 21.3. The molecular weight excluding hydrogens is 539 g/mol. The van der Waals surface area contributed by atoms with Crippen molar-refractivity contribution >= 4 is 54.6 Å². The van der Waals surface area contributed by atoms with Crippen LogP contribution in [0.15, 0.2) is 59.2 Å². The van der Waals surface area contributed by atoms with Gasteiger partial charge in [-0.15, -0.1) is 11.3 Å². The average Bonchev–Trinajstić information content (AvgIpc) is 3.28. The summed E-state index contributed by atoms with van der Waals surface area (Å²) in [5, 5.41) is -2.58. The molecule has 2 unspecified atom stereocenters. The lowest BCUT2D eigenvalue weighted by Gasteiger charge is -2.35. The molecule has 1 aliphatic heterocycles. The van der Waals surface area contributed by atoms with Gasteiger partial charge in [0.05, 0.1) is 17.3 Å². The predicted octanol–water partition coefficient (Wildman–Crippen LogP) is 5.40. The topological polar surface area (TPSA) is 67.3 Å². The van der Waals surface area contributed by atoms with Crippen molar-refractivity contribution < 1.29 is 17.6 Å². The fourth-order valence-electron chi connectivity index (χ4n) is 3.57. The van der Waals surface area contributed by atoms with Crippen molar-refractivity contribution in [3.05, 3.63) is 85.2 Å². The van der Waals surface area contributed by atoms with Gasteiger partial charge in [-0.1, -0.05) is 48.9 Å². The fraction of sp³-hybridized carbons (Fsp3) is 0.273. The van der Waals surface area contributed by atoms with E-state index in [1.807, 2.05) is 37.3 Å². The number of nitrogens with zero attached hydrogens (tertiary/aromatic N) is 2. The molecule has 1 fully saturated rings. The van der Waals surface area contributed by atoms with Gasteiger partial charge in [-0.2, -0.15) is 0 Å². The van der Waals surface area contributed by atoms with Crippen molar-refractivity contribution in [2.45, 2.75) is 17.8 Å². The zero-order valence-electron chi connectivity index (χ0n) is 17.0. The van der Waals surface area contributed by atoms with Crippen LogP contribution in [0, 0.1) is 0 Å². The minimum Gasteiger partial charge on any atom is -0.333 e. The highest BCUT2D eigenvalue weighted by Gasteiger charge is 2.53. The van der Waals surface area contributed by atoms with E-state index in [9.17, 15) is 13.2 Å². The largest absolute Gasteiger partial charge is 0.333 e. The molecule has 10 heteroatoms. The summed E-state index contributed by atoms with van der Waals surface area (Å²) in [6.45, 7) is 1.24. The summed E-state index contributed by atoms with van der Waals surface area (Å²) in [6, 6.07) is 14.3. The Morgan fingerprint density at radius 2 is 2.00 bits per heavy atom. The first-order valence-corrected chi connectivity index (χ1v) is 13.4. The SMILES string of the molecule is CC(c1ccccc1)c1cnc(C2(F)CN(C(=O)c3ccc(Br)c(Cl)c3)CCS2(=O)=O)s1. The average molecular weight is 558 g/mol. The predicted molar refractivity (Wildman–Crippen MR) is 128 cm³/mol. The van der Waals surface area contributed by atoms with Crippen LogP contribution in [-0.4, -0.2) is 43.1 Å². The molecule has 2 atom stereocenters. The van der Waals surface area contributed by atoms with Gasteiger partial charge in [0.25, 0.3) is 10.9 Å². The Balaban J connectivity index is 1.64. The Kier molecular flexibility index (Phi) is 6.46. The van der Waals surface area contributed by atoms with Crippen molar-refractivity contribution in [1.82, 2.24) is 9.88 Å². The summed E-state index contributed by atoms with van der Waals surface area (Å²) in [6.07, 6.45) is 1.52. The maximum Gasteiger partial charge on any atom is 0.278 e. The van der Waals surface area contributed by atoms with Gasteiger partial charge in [0.1, 0.15) is 5.01 Å². The van der Waals surface area contributed by atoms with Gasteiger partial charge in [0.2, 0.25) is 0 Å². The van der Waals surface area contributed by atoms with Crippen LogP contribution in [0.1, 0.15) is 38.6 Å². The summed E-state index contributed by atoms with van der Waals surface area (Å²) in [4.78, 5) is 19.1. The number of amides is 1. The molecule has 32 heavy (non-hydrogen) atoms. The van der Waals surface area contributed by atoms with Crippen LogP contribution >= 0.6 is 38.9 Å². The first kappa shape index (κ1) is 23.4. The van der Waals surface area contributed by atoms with E-state index in [2.05, 4.69) is 20.9 Å². The molecule has 0 saturated carbocycles. The van der Waals surface area contributed by atoms with Crippen molar-refractivity contribution in [2.24, 2.45) is 0 Å². The molecule has 0 aliphatic carbocycles. The number of sulfone groups is 1. The van der Waals surface area contributed by atoms with E-state index in [-0.39, 0.29) is 23.0 Å². The molecule has 0 radical (unpaired) electrons. The van der Waals surface area contributed by atoms with E-state index in [0.29, 0.717) is 9.50 Å². The zero-order chi connectivity index (χ0) is 23.1. The van der Waals surface area contributed by atoms with E-state index in [0.717, 1.165) is 21.8 Å². The van der Waals surface area contributed by atoms with Crippen LogP contribution in [0.2, 0.25) is 5.02 Å². The number of aromatic nitrogens is 1. The van der Waals surface area contributed by atoms with Gasteiger partial charge in [-0.3, -0.25) is 4.79 Å². The minimum absolute atomic E-state index is 0.0695. The fourth-order valence-corrected chi connectivity index (χ4v) is 6.92. The molecule has 168 valence electrons. The third-order valence-corrected chi connectivity index (χ3v) is 10.2. The highest BCUT2D eigenvalue weighted by Crippen LogP contribution is 2.41. The Bertz CT molecular complexity index is 1270. The van der Waals surface area contributed by atoms with Crippen molar-refractivity contribution in [2.75, 3.05) is 18.8 Å². The van der Waals surface area contributed by atoms with Gasteiger partial charge in [-0.25, -0.2) is 17.8 Å². The van der Waals surface area contributed by atoms with E-state index in [1.54, 1.807) is 12.1 Å². The number of carbonyl (C=O) groups excluding carboxylic acids is 1. The van der Waals surface area contributed by atoms with Crippen molar-refractivity contribution in [3.8, 4) is 0 Å². The number of alkyl halides is 1. The second kappa shape index (κ2) is 8.85. The minimum atomic E-state index is -4.16. The molecule has 0 N–H and O–H groups in total. The number of carbonyl (C=O) groups is 1. The Labute approximate surface area is 203 Å². The lowest BCUT2D eigenvalue weighted by molar-refractivity contribution is 0.0666. The smallest absolute Gasteiger partial charge is 0.278 e. The van der Waals surface area contributed by atoms with Crippen LogP contribution in [0.4, 0.5) is 4.39 Å². The van der Waals surface area contributed by atoms with Gasteiger partial charge in [0, 0.05) is 33.6 Å². The molecule has 1 aromatic heterocycles. The molecule has 1 aliphatic rings. The van der Waals surface area contributed by atoms with E-state index in [4.69, 9.17) is 11.6 Å². The maximum atomic E-state index is 16.2. The summed E-state index contributed by atoms with van der Waals surface area (Å²) >= 11 is 10.4. The Hall–Kier alpha value is -1.81. The number of hydrogen-bond acceptors (Lipinski definition) is 5. The molecule has 2 aromatic carbocycles. The van der Waals surface area contributed by atoms with Gasteiger partial charge in [-0.05, 0) is 39.7 Å². The van der Waals surface area contributed by atoms with Crippen LogP contribution in [-0.2, 0) is 14.8 Å².